The van der Waals surface area contributed by atoms with Crippen LogP contribution in [0, 0.1) is 0 Å². The van der Waals surface area contributed by atoms with E-state index < -0.39 is 26.5 Å². The SMILES string of the molecule is C=C/C(Cl)=C(\C(O)=C(/C)NC(=O)N[C@H]1CCCc2ccoc21)S(=O)(=O)CC. The fraction of sp³-hybridized carbons (Fsp3) is 0.389. The van der Waals surface area contributed by atoms with E-state index in [4.69, 9.17) is 16.0 Å². The lowest BCUT2D eigenvalue weighted by molar-refractivity contribution is 0.234. The molecule has 0 saturated heterocycles. The Balaban J connectivity index is 2.21. The third-order valence-corrected chi connectivity index (χ3v) is 6.55. The van der Waals surface area contributed by atoms with E-state index >= 15 is 0 Å². The van der Waals surface area contributed by atoms with E-state index in [1.807, 2.05) is 6.07 Å². The highest BCUT2D eigenvalue weighted by atomic mass is 35.5. The van der Waals surface area contributed by atoms with Crippen molar-refractivity contribution in [1.29, 1.82) is 0 Å². The van der Waals surface area contributed by atoms with Crippen LogP contribution < -0.4 is 10.6 Å². The third-order valence-electron chi connectivity index (χ3n) is 4.30. The van der Waals surface area contributed by atoms with Crippen molar-refractivity contribution in [3.8, 4) is 0 Å². The molecule has 1 atom stereocenters. The molecule has 0 spiro atoms. The zero-order chi connectivity index (χ0) is 20.2. The number of nitrogens with one attached hydrogen (secondary N) is 2. The van der Waals surface area contributed by atoms with Crippen LogP contribution in [0.1, 0.15) is 44.1 Å². The molecule has 0 aromatic carbocycles. The number of furan rings is 1. The second kappa shape index (κ2) is 8.67. The van der Waals surface area contributed by atoms with Crippen LogP contribution in [0.4, 0.5) is 4.79 Å². The van der Waals surface area contributed by atoms with Gasteiger partial charge in [0.05, 0.1) is 28.8 Å². The van der Waals surface area contributed by atoms with Crippen molar-refractivity contribution >= 4 is 27.5 Å². The summed E-state index contributed by atoms with van der Waals surface area (Å²) in [5.74, 6) is -0.176. The number of carbonyl (C=O) groups excluding carboxylic acids is 1. The van der Waals surface area contributed by atoms with Gasteiger partial charge in [0, 0.05) is 0 Å². The Morgan fingerprint density at radius 3 is 2.85 bits per heavy atom. The Morgan fingerprint density at radius 2 is 2.22 bits per heavy atom. The average Bonchev–Trinajstić information content (AvgIpc) is 3.11. The lowest BCUT2D eigenvalue weighted by atomic mass is 9.94. The topological polar surface area (TPSA) is 109 Å². The number of carbonyl (C=O) groups is 1. The molecule has 0 aliphatic heterocycles. The standard InChI is InChI=1S/C18H23ClN2O5S/c1-4-13(19)17(27(24,25)5-2)15(22)11(3)20-18(23)21-14-8-6-7-12-9-10-26-16(12)14/h4,9-10,14,22H,1,5-8H2,2-3H3,(H2,20,21,23)/b15-11-,17-13-/t14-/m0/s1. The summed E-state index contributed by atoms with van der Waals surface area (Å²) >= 11 is 5.92. The minimum atomic E-state index is -3.83. The molecule has 0 radical (unpaired) electrons. The van der Waals surface area contributed by atoms with Gasteiger partial charge in [-0.25, -0.2) is 13.2 Å². The summed E-state index contributed by atoms with van der Waals surface area (Å²) in [4.78, 5) is 11.8. The molecule has 1 aromatic heterocycles. The number of urea groups is 1. The first kappa shape index (κ1) is 21.1. The molecule has 0 fully saturated rings. The van der Waals surface area contributed by atoms with Crippen molar-refractivity contribution in [1.82, 2.24) is 10.6 Å². The maximum absolute atomic E-state index is 12.3. The molecular formula is C18H23ClN2O5S. The van der Waals surface area contributed by atoms with Crippen LogP contribution in [0.25, 0.3) is 0 Å². The summed E-state index contributed by atoms with van der Waals surface area (Å²) in [6.45, 7) is 6.23. The smallest absolute Gasteiger partial charge is 0.319 e. The van der Waals surface area contributed by atoms with Crippen LogP contribution in [-0.4, -0.2) is 25.3 Å². The predicted molar refractivity (Wildman–Crippen MR) is 104 cm³/mol. The molecule has 0 saturated carbocycles. The number of hydrogen-bond acceptors (Lipinski definition) is 5. The van der Waals surface area contributed by atoms with Crippen molar-refractivity contribution in [2.75, 3.05) is 5.75 Å². The van der Waals surface area contributed by atoms with E-state index in [-0.39, 0.29) is 22.5 Å². The Hall–Kier alpha value is -2.19. The maximum Gasteiger partial charge on any atom is 0.319 e. The van der Waals surface area contributed by atoms with Crippen molar-refractivity contribution in [3.05, 3.63) is 57.7 Å². The number of halogens is 1. The summed E-state index contributed by atoms with van der Waals surface area (Å²) in [7, 11) is -3.83. The van der Waals surface area contributed by atoms with E-state index in [0.717, 1.165) is 30.9 Å². The van der Waals surface area contributed by atoms with E-state index in [1.165, 1.54) is 13.8 Å². The van der Waals surface area contributed by atoms with Crippen LogP contribution in [0.3, 0.4) is 0 Å². The van der Waals surface area contributed by atoms with Crippen molar-refractivity contribution in [2.24, 2.45) is 0 Å². The van der Waals surface area contributed by atoms with Gasteiger partial charge in [-0.05, 0) is 43.9 Å². The van der Waals surface area contributed by atoms with Crippen LogP contribution >= 0.6 is 11.6 Å². The van der Waals surface area contributed by atoms with E-state index in [1.54, 1.807) is 6.26 Å². The first-order chi connectivity index (χ1) is 12.7. The number of aliphatic hydroxyl groups is 1. The molecule has 148 valence electrons. The second-order valence-corrected chi connectivity index (χ2v) is 8.73. The minimum absolute atomic E-state index is 0.0463. The molecule has 0 unspecified atom stereocenters. The molecule has 1 aliphatic rings. The third kappa shape index (κ3) is 4.75. The van der Waals surface area contributed by atoms with Gasteiger partial charge < -0.3 is 20.2 Å². The molecule has 1 aliphatic carbocycles. The lowest BCUT2D eigenvalue weighted by Gasteiger charge is -2.22. The minimum Gasteiger partial charge on any atom is -0.505 e. The Kier molecular flexibility index (Phi) is 6.78. The van der Waals surface area contributed by atoms with Crippen molar-refractivity contribution in [2.45, 2.75) is 39.2 Å². The van der Waals surface area contributed by atoms with Gasteiger partial charge in [-0.2, -0.15) is 0 Å². The number of hydrogen-bond donors (Lipinski definition) is 3. The van der Waals surface area contributed by atoms with E-state index in [0.29, 0.717) is 5.76 Å². The number of aliphatic hydroxyl groups excluding tert-OH is 1. The first-order valence-corrected chi connectivity index (χ1v) is 10.5. The Morgan fingerprint density at radius 1 is 1.52 bits per heavy atom. The summed E-state index contributed by atoms with van der Waals surface area (Å²) < 4.78 is 29.9. The van der Waals surface area contributed by atoms with Crippen LogP contribution in [-0.2, 0) is 16.3 Å². The number of sulfone groups is 1. The number of rotatable bonds is 6. The van der Waals surface area contributed by atoms with Gasteiger partial charge in [0.1, 0.15) is 10.7 Å². The molecule has 7 nitrogen and oxygen atoms in total. The van der Waals surface area contributed by atoms with Crippen molar-refractivity contribution < 1.29 is 22.7 Å². The van der Waals surface area contributed by atoms with Crippen molar-refractivity contribution in [3.63, 3.8) is 0 Å². The highest BCUT2D eigenvalue weighted by molar-refractivity contribution is 7.95. The second-order valence-electron chi connectivity index (χ2n) is 6.11. The lowest BCUT2D eigenvalue weighted by Crippen LogP contribution is -2.38. The zero-order valence-electron chi connectivity index (χ0n) is 15.2. The van der Waals surface area contributed by atoms with Gasteiger partial charge in [-0.15, -0.1) is 0 Å². The molecule has 0 bridgehead atoms. The summed E-state index contributed by atoms with van der Waals surface area (Å²) in [6, 6.07) is 1.00. The Labute approximate surface area is 163 Å². The largest absolute Gasteiger partial charge is 0.505 e. The molecule has 1 aromatic rings. The molecule has 2 amide bonds. The molecule has 2 rings (SSSR count). The highest BCUT2D eigenvalue weighted by Crippen LogP contribution is 2.30. The van der Waals surface area contributed by atoms with Crippen LogP contribution in [0.15, 0.2) is 50.8 Å². The number of amides is 2. The van der Waals surface area contributed by atoms with E-state index in [2.05, 4.69) is 17.2 Å². The van der Waals surface area contributed by atoms with E-state index in [9.17, 15) is 18.3 Å². The summed E-state index contributed by atoms with van der Waals surface area (Å²) in [5.41, 5.74) is 1.01. The number of allylic oxidation sites excluding steroid dienone is 3. The van der Waals surface area contributed by atoms with Gasteiger partial charge in [-0.1, -0.05) is 25.1 Å². The quantitative estimate of drug-likeness (QED) is 0.484. The number of aryl methyl sites for hydroxylation is 1. The highest BCUT2D eigenvalue weighted by Gasteiger charge is 2.27. The van der Waals surface area contributed by atoms with Crippen LogP contribution in [0.5, 0.6) is 0 Å². The predicted octanol–water partition coefficient (Wildman–Crippen LogP) is 3.82. The molecule has 3 N–H and O–H groups in total. The zero-order valence-corrected chi connectivity index (χ0v) is 16.8. The van der Waals surface area contributed by atoms with Crippen LogP contribution in [0.2, 0.25) is 0 Å². The average molecular weight is 415 g/mol. The number of fused-ring (bicyclic) bond motifs is 1. The first-order valence-electron chi connectivity index (χ1n) is 8.50. The fourth-order valence-electron chi connectivity index (χ4n) is 2.87. The molecule has 1 heterocycles. The fourth-order valence-corrected chi connectivity index (χ4v) is 4.42. The normalized spacial score (nSPS) is 18.7. The van der Waals surface area contributed by atoms with Gasteiger partial charge in [0.2, 0.25) is 0 Å². The van der Waals surface area contributed by atoms with Gasteiger partial charge >= 0.3 is 6.03 Å². The maximum atomic E-state index is 12.3. The monoisotopic (exact) mass is 414 g/mol. The Bertz CT molecular complexity index is 899. The molecule has 9 heteroatoms. The van der Waals surface area contributed by atoms with Gasteiger partial charge in [-0.3, -0.25) is 0 Å². The molecule has 27 heavy (non-hydrogen) atoms. The molecular weight excluding hydrogens is 392 g/mol. The van der Waals surface area contributed by atoms with Gasteiger partial charge in [0.25, 0.3) is 0 Å². The van der Waals surface area contributed by atoms with Gasteiger partial charge in [0.15, 0.2) is 15.6 Å². The summed E-state index contributed by atoms with van der Waals surface area (Å²) in [5, 5.41) is 15.4. The summed E-state index contributed by atoms with van der Waals surface area (Å²) in [6.07, 6.45) is 5.24.